The lowest BCUT2D eigenvalue weighted by Crippen LogP contribution is -2.49. The largest absolute Gasteiger partial charge is 0.444 e. The lowest BCUT2D eigenvalue weighted by Gasteiger charge is -2.34. The minimum absolute atomic E-state index is 0.233. The monoisotopic (exact) mass is 360 g/mol. The molecule has 0 unspecified atom stereocenters. The fourth-order valence-corrected chi connectivity index (χ4v) is 5.35. The zero-order valence-corrected chi connectivity index (χ0v) is 15.4. The maximum absolute atomic E-state index is 12.7. The van der Waals surface area contributed by atoms with Crippen molar-refractivity contribution in [2.75, 3.05) is 13.1 Å². The van der Waals surface area contributed by atoms with Gasteiger partial charge in [0.1, 0.15) is 9.81 Å². The Bertz CT molecular complexity index is 620. The molecule has 0 saturated carbocycles. The van der Waals surface area contributed by atoms with Gasteiger partial charge in [-0.05, 0) is 45.1 Å². The summed E-state index contributed by atoms with van der Waals surface area (Å²) in [5.41, 5.74) is -0.570. The molecule has 0 bridgehead atoms. The van der Waals surface area contributed by atoms with Crippen molar-refractivity contribution < 1.29 is 17.9 Å². The highest BCUT2D eigenvalue weighted by Crippen LogP contribution is 2.27. The van der Waals surface area contributed by atoms with Gasteiger partial charge in [-0.25, -0.2) is 13.2 Å². The maximum Gasteiger partial charge on any atom is 0.407 e. The van der Waals surface area contributed by atoms with Crippen LogP contribution in [0.4, 0.5) is 4.79 Å². The van der Waals surface area contributed by atoms with Gasteiger partial charge in [0, 0.05) is 19.1 Å². The molecule has 1 saturated heterocycles. The van der Waals surface area contributed by atoms with Crippen LogP contribution in [0, 0.1) is 0 Å². The van der Waals surface area contributed by atoms with Crippen molar-refractivity contribution in [3.63, 3.8) is 0 Å². The normalized spacial score (nSPS) is 20.2. The first kappa shape index (κ1) is 18.2. The molecule has 0 aliphatic carbocycles. The van der Waals surface area contributed by atoms with Gasteiger partial charge in [0.15, 0.2) is 0 Å². The number of thiophene rings is 1. The highest BCUT2D eigenvalue weighted by atomic mass is 32.2. The van der Waals surface area contributed by atoms with Gasteiger partial charge in [-0.2, -0.15) is 4.31 Å². The number of nitrogens with zero attached hydrogens (tertiary/aromatic N) is 1. The van der Waals surface area contributed by atoms with E-state index in [9.17, 15) is 13.2 Å². The predicted molar refractivity (Wildman–Crippen MR) is 90.1 cm³/mol. The van der Waals surface area contributed by atoms with E-state index in [2.05, 4.69) is 5.32 Å². The van der Waals surface area contributed by atoms with E-state index in [-0.39, 0.29) is 12.6 Å². The second-order valence-corrected chi connectivity index (χ2v) is 9.65. The number of hydrogen-bond donors (Lipinski definition) is 1. The summed E-state index contributed by atoms with van der Waals surface area (Å²) in [6, 6.07) is 3.12. The van der Waals surface area contributed by atoms with Gasteiger partial charge in [-0.1, -0.05) is 12.5 Å². The lowest BCUT2D eigenvalue weighted by molar-refractivity contribution is 0.0512. The molecule has 130 valence electrons. The molecule has 0 aromatic carbocycles. The van der Waals surface area contributed by atoms with Gasteiger partial charge in [-0.3, -0.25) is 0 Å². The summed E-state index contributed by atoms with van der Waals surface area (Å²) < 4.78 is 32.5. The first-order chi connectivity index (χ1) is 10.7. The molecule has 1 fully saturated rings. The Labute approximate surface area is 141 Å². The summed E-state index contributed by atoms with van der Waals surface area (Å²) in [7, 11) is -3.49. The second kappa shape index (κ2) is 7.19. The molecular formula is C15H24N2O4S2. The summed E-state index contributed by atoms with van der Waals surface area (Å²) in [5, 5.41) is 4.45. The van der Waals surface area contributed by atoms with E-state index in [4.69, 9.17) is 4.74 Å². The Morgan fingerprint density at radius 1 is 1.43 bits per heavy atom. The van der Waals surface area contributed by atoms with Crippen LogP contribution in [0.25, 0.3) is 0 Å². The van der Waals surface area contributed by atoms with Crippen LogP contribution in [-0.2, 0) is 14.8 Å². The minimum Gasteiger partial charge on any atom is -0.444 e. The summed E-state index contributed by atoms with van der Waals surface area (Å²) >= 11 is 1.22. The standard InChI is InChI=1S/C15H24N2O4S2/c1-15(2,3)21-14(18)16-11-12-7-4-5-9-17(12)23(19,20)13-8-6-10-22-13/h6,8,10,12H,4-5,7,9,11H2,1-3H3,(H,16,18)/t12-/m0/s1. The summed E-state index contributed by atoms with van der Waals surface area (Å²) in [6.07, 6.45) is 2.02. The van der Waals surface area contributed by atoms with Gasteiger partial charge in [0.05, 0.1) is 0 Å². The molecule has 6 nitrogen and oxygen atoms in total. The first-order valence-corrected chi connectivity index (χ1v) is 10.0. The number of piperidine rings is 1. The molecule has 2 heterocycles. The third kappa shape index (κ3) is 4.92. The Kier molecular flexibility index (Phi) is 5.70. The molecule has 1 aromatic heterocycles. The van der Waals surface area contributed by atoms with Crippen molar-refractivity contribution in [1.29, 1.82) is 0 Å². The van der Waals surface area contributed by atoms with Crippen LogP contribution in [-0.4, -0.2) is 43.5 Å². The van der Waals surface area contributed by atoms with Gasteiger partial charge >= 0.3 is 6.09 Å². The highest BCUT2D eigenvalue weighted by molar-refractivity contribution is 7.91. The Morgan fingerprint density at radius 2 is 2.17 bits per heavy atom. The van der Waals surface area contributed by atoms with Crippen molar-refractivity contribution in [1.82, 2.24) is 9.62 Å². The third-order valence-electron chi connectivity index (χ3n) is 3.51. The van der Waals surface area contributed by atoms with Gasteiger partial charge < -0.3 is 10.1 Å². The fraction of sp³-hybridized carbons (Fsp3) is 0.667. The van der Waals surface area contributed by atoms with Crippen molar-refractivity contribution in [2.45, 2.75) is 55.9 Å². The molecule has 1 aliphatic heterocycles. The number of carbonyl (C=O) groups is 1. The predicted octanol–water partition coefficient (Wildman–Crippen LogP) is 2.82. The van der Waals surface area contributed by atoms with Crippen LogP contribution < -0.4 is 5.32 Å². The van der Waals surface area contributed by atoms with E-state index in [1.165, 1.54) is 15.6 Å². The van der Waals surface area contributed by atoms with Crippen molar-refractivity contribution in [3.05, 3.63) is 17.5 Å². The van der Waals surface area contributed by atoms with E-state index >= 15 is 0 Å². The summed E-state index contributed by atoms with van der Waals surface area (Å²) in [4.78, 5) is 11.8. The molecule has 23 heavy (non-hydrogen) atoms. The number of carbonyl (C=O) groups excluding carboxylic acids is 1. The SMILES string of the molecule is CC(C)(C)OC(=O)NC[C@@H]1CCCCN1S(=O)(=O)c1cccs1. The van der Waals surface area contributed by atoms with E-state index in [0.717, 1.165) is 19.3 Å². The average Bonchev–Trinajstić information content (AvgIpc) is 2.98. The van der Waals surface area contributed by atoms with Crippen LogP contribution in [0.3, 0.4) is 0 Å². The third-order valence-corrected chi connectivity index (χ3v) is 6.84. The fourth-order valence-electron chi connectivity index (χ4n) is 2.54. The van der Waals surface area contributed by atoms with Crippen LogP contribution in [0.5, 0.6) is 0 Å². The zero-order chi connectivity index (χ0) is 17.1. The Hall–Kier alpha value is -1.12. The number of rotatable bonds is 4. The van der Waals surface area contributed by atoms with Crippen molar-refractivity contribution in [3.8, 4) is 0 Å². The van der Waals surface area contributed by atoms with Crippen LogP contribution in [0.2, 0.25) is 0 Å². The maximum atomic E-state index is 12.7. The molecule has 1 aliphatic rings. The first-order valence-electron chi connectivity index (χ1n) is 7.72. The number of ether oxygens (including phenoxy) is 1. The van der Waals surface area contributed by atoms with Gasteiger partial charge in [0.2, 0.25) is 0 Å². The molecule has 0 radical (unpaired) electrons. The van der Waals surface area contributed by atoms with Crippen molar-refractivity contribution in [2.24, 2.45) is 0 Å². The number of sulfonamides is 1. The topological polar surface area (TPSA) is 75.7 Å². The van der Waals surface area contributed by atoms with Gasteiger partial charge in [-0.15, -0.1) is 11.3 Å². The van der Waals surface area contributed by atoms with Crippen LogP contribution >= 0.6 is 11.3 Å². The molecule has 0 spiro atoms. The summed E-state index contributed by atoms with van der Waals surface area (Å²) in [6.45, 7) is 6.13. The van der Waals surface area contributed by atoms with Crippen molar-refractivity contribution >= 4 is 27.5 Å². The number of alkyl carbamates (subject to hydrolysis) is 1. The smallest absolute Gasteiger partial charge is 0.407 e. The molecule has 1 atom stereocenters. The number of hydrogen-bond acceptors (Lipinski definition) is 5. The molecule has 1 N–H and O–H groups in total. The number of amides is 1. The molecule has 1 amide bonds. The Balaban J connectivity index is 2.03. The molecule has 2 rings (SSSR count). The molecule has 8 heteroatoms. The van der Waals surface area contributed by atoms with E-state index < -0.39 is 21.7 Å². The van der Waals surface area contributed by atoms with E-state index in [0.29, 0.717) is 10.8 Å². The van der Waals surface area contributed by atoms with Crippen LogP contribution in [0.1, 0.15) is 40.0 Å². The van der Waals surface area contributed by atoms with E-state index in [1.54, 1.807) is 38.3 Å². The highest BCUT2D eigenvalue weighted by Gasteiger charge is 2.34. The molecule has 1 aromatic rings. The van der Waals surface area contributed by atoms with Crippen LogP contribution in [0.15, 0.2) is 21.7 Å². The quantitative estimate of drug-likeness (QED) is 0.896. The second-order valence-electron chi connectivity index (χ2n) is 6.58. The minimum atomic E-state index is -3.49. The Morgan fingerprint density at radius 3 is 2.78 bits per heavy atom. The zero-order valence-electron chi connectivity index (χ0n) is 13.7. The summed E-state index contributed by atoms with van der Waals surface area (Å²) in [5.74, 6) is 0. The van der Waals surface area contributed by atoms with E-state index in [1.807, 2.05) is 0 Å². The lowest BCUT2D eigenvalue weighted by atomic mass is 10.1. The molecular weight excluding hydrogens is 336 g/mol. The number of nitrogens with one attached hydrogen (secondary N) is 1. The average molecular weight is 361 g/mol. The van der Waals surface area contributed by atoms with Gasteiger partial charge in [0.25, 0.3) is 10.0 Å².